The SMILES string of the molecule is C=CCn1c(-c2ccc(C)cc2)cs/c1=N\N=C(\C)c1ccc(Cl)cc1. The molecule has 3 nitrogen and oxygen atoms in total. The lowest BCUT2D eigenvalue weighted by atomic mass is 10.1. The minimum Gasteiger partial charge on any atom is -0.311 e. The van der Waals surface area contributed by atoms with E-state index in [-0.39, 0.29) is 0 Å². The van der Waals surface area contributed by atoms with Crippen LogP contribution in [-0.2, 0) is 6.54 Å². The van der Waals surface area contributed by atoms with Crippen LogP contribution in [0.3, 0.4) is 0 Å². The summed E-state index contributed by atoms with van der Waals surface area (Å²) in [6, 6.07) is 16.1. The van der Waals surface area contributed by atoms with E-state index in [2.05, 4.69) is 57.9 Å². The normalized spacial score (nSPS) is 12.4. The van der Waals surface area contributed by atoms with Crippen molar-refractivity contribution in [3.63, 3.8) is 0 Å². The maximum Gasteiger partial charge on any atom is 0.211 e. The Kier molecular flexibility index (Phi) is 5.86. The Morgan fingerprint density at radius 3 is 2.50 bits per heavy atom. The molecule has 0 aliphatic carbocycles. The number of nitrogens with zero attached hydrogens (tertiary/aromatic N) is 3. The number of allylic oxidation sites excluding steroid dienone is 1. The Morgan fingerprint density at radius 1 is 1.15 bits per heavy atom. The number of thiazole rings is 1. The van der Waals surface area contributed by atoms with Crippen LogP contribution in [0, 0.1) is 6.92 Å². The molecule has 1 aromatic heterocycles. The second-order valence-electron chi connectivity index (χ2n) is 5.96. The topological polar surface area (TPSA) is 29.6 Å². The first-order chi connectivity index (χ1) is 12.6. The van der Waals surface area contributed by atoms with Crippen molar-refractivity contribution in [3.8, 4) is 11.3 Å². The molecule has 132 valence electrons. The van der Waals surface area contributed by atoms with Crippen LogP contribution in [0.4, 0.5) is 0 Å². The van der Waals surface area contributed by atoms with Crippen LogP contribution in [0.2, 0.25) is 5.02 Å². The molecule has 0 aliphatic rings. The summed E-state index contributed by atoms with van der Waals surface area (Å²) in [5, 5.41) is 11.7. The molecule has 3 aromatic rings. The molecule has 0 spiro atoms. The van der Waals surface area contributed by atoms with Crippen LogP contribution in [0.5, 0.6) is 0 Å². The lowest BCUT2D eigenvalue weighted by molar-refractivity contribution is 0.788. The number of rotatable bonds is 5. The van der Waals surface area contributed by atoms with Gasteiger partial charge in [0.05, 0.1) is 11.4 Å². The molecular formula is C21H20ClN3S. The molecule has 0 atom stereocenters. The van der Waals surface area contributed by atoms with Crippen molar-refractivity contribution in [2.75, 3.05) is 0 Å². The summed E-state index contributed by atoms with van der Waals surface area (Å²) in [5.41, 5.74) is 5.37. The van der Waals surface area contributed by atoms with Gasteiger partial charge in [0.25, 0.3) is 0 Å². The van der Waals surface area contributed by atoms with Gasteiger partial charge in [-0.2, -0.15) is 5.10 Å². The Morgan fingerprint density at radius 2 is 1.85 bits per heavy atom. The molecule has 5 heteroatoms. The first-order valence-corrected chi connectivity index (χ1v) is 9.54. The van der Waals surface area contributed by atoms with E-state index in [0.717, 1.165) is 27.3 Å². The van der Waals surface area contributed by atoms with Crippen molar-refractivity contribution in [3.05, 3.63) is 87.5 Å². The molecule has 0 unspecified atom stereocenters. The Labute approximate surface area is 162 Å². The molecule has 0 bridgehead atoms. The predicted molar refractivity (Wildman–Crippen MR) is 112 cm³/mol. The minimum absolute atomic E-state index is 0.682. The van der Waals surface area contributed by atoms with Crippen molar-refractivity contribution >= 4 is 28.6 Å². The van der Waals surface area contributed by atoms with Crippen LogP contribution in [0.1, 0.15) is 18.1 Å². The molecule has 0 aliphatic heterocycles. The fourth-order valence-corrected chi connectivity index (χ4v) is 3.53. The maximum atomic E-state index is 5.94. The Bertz CT molecular complexity index is 993. The number of aryl methyl sites for hydroxylation is 1. The van der Waals surface area contributed by atoms with Gasteiger partial charge in [-0.25, -0.2) is 0 Å². The van der Waals surface area contributed by atoms with Gasteiger partial charge in [0.1, 0.15) is 0 Å². The standard InChI is InChI=1S/C21H20ClN3S/c1-4-13-25-20(18-7-5-15(2)6-8-18)14-26-21(25)24-23-16(3)17-9-11-19(22)12-10-17/h4-12,14H,1,13H2,2-3H3/b23-16-,24-21-. The van der Waals surface area contributed by atoms with E-state index in [1.165, 1.54) is 5.56 Å². The first-order valence-electron chi connectivity index (χ1n) is 8.29. The van der Waals surface area contributed by atoms with Gasteiger partial charge in [-0.1, -0.05) is 59.6 Å². The summed E-state index contributed by atoms with van der Waals surface area (Å²) in [6.45, 7) is 8.58. The highest BCUT2D eigenvalue weighted by Gasteiger charge is 2.07. The average Bonchev–Trinajstić information content (AvgIpc) is 3.04. The largest absolute Gasteiger partial charge is 0.311 e. The number of hydrogen-bond donors (Lipinski definition) is 0. The van der Waals surface area contributed by atoms with Crippen molar-refractivity contribution in [2.45, 2.75) is 20.4 Å². The van der Waals surface area contributed by atoms with Crippen LogP contribution in [0.15, 0.2) is 76.8 Å². The second kappa shape index (κ2) is 8.30. The minimum atomic E-state index is 0.682. The van der Waals surface area contributed by atoms with Crippen molar-refractivity contribution in [2.24, 2.45) is 10.2 Å². The average molecular weight is 382 g/mol. The molecule has 0 saturated carbocycles. The summed E-state index contributed by atoms with van der Waals surface area (Å²) < 4.78 is 2.13. The highest BCUT2D eigenvalue weighted by molar-refractivity contribution is 7.07. The lowest BCUT2D eigenvalue weighted by Crippen LogP contribution is -2.15. The number of hydrogen-bond acceptors (Lipinski definition) is 3. The summed E-state index contributed by atoms with van der Waals surface area (Å²) in [5.74, 6) is 0. The fraction of sp³-hybridized carbons (Fsp3) is 0.143. The van der Waals surface area contributed by atoms with E-state index in [1.54, 1.807) is 11.3 Å². The van der Waals surface area contributed by atoms with E-state index in [4.69, 9.17) is 11.6 Å². The number of halogens is 1. The molecule has 0 amide bonds. The third-order valence-electron chi connectivity index (χ3n) is 4.00. The lowest BCUT2D eigenvalue weighted by Gasteiger charge is -2.06. The van der Waals surface area contributed by atoms with E-state index in [9.17, 15) is 0 Å². The van der Waals surface area contributed by atoms with Gasteiger partial charge in [0, 0.05) is 16.9 Å². The Balaban J connectivity index is 2.00. The van der Waals surface area contributed by atoms with E-state index in [1.807, 2.05) is 37.3 Å². The third-order valence-corrected chi connectivity index (χ3v) is 5.11. The highest BCUT2D eigenvalue weighted by atomic mass is 35.5. The van der Waals surface area contributed by atoms with Crippen molar-refractivity contribution < 1.29 is 0 Å². The quantitative estimate of drug-likeness (QED) is 0.309. The summed E-state index contributed by atoms with van der Waals surface area (Å²) in [6.07, 6.45) is 1.87. The van der Waals surface area contributed by atoms with Gasteiger partial charge in [-0.3, -0.25) is 0 Å². The van der Waals surface area contributed by atoms with Gasteiger partial charge in [0.15, 0.2) is 0 Å². The summed E-state index contributed by atoms with van der Waals surface area (Å²) in [7, 11) is 0. The smallest absolute Gasteiger partial charge is 0.211 e. The molecule has 0 N–H and O–H groups in total. The molecule has 2 aromatic carbocycles. The van der Waals surface area contributed by atoms with Gasteiger partial charge >= 0.3 is 0 Å². The molecule has 1 heterocycles. The van der Waals surface area contributed by atoms with E-state index < -0.39 is 0 Å². The van der Waals surface area contributed by atoms with Crippen LogP contribution in [0.25, 0.3) is 11.3 Å². The zero-order valence-corrected chi connectivity index (χ0v) is 16.4. The molecule has 0 fully saturated rings. The third kappa shape index (κ3) is 4.21. The molecule has 26 heavy (non-hydrogen) atoms. The number of aromatic nitrogens is 1. The molecule has 0 saturated heterocycles. The van der Waals surface area contributed by atoms with Crippen molar-refractivity contribution in [1.82, 2.24) is 4.57 Å². The zero-order chi connectivity index (χ0) is 18.5. The van der Waals surface area contributed by atoms with Gasteiger partial charge in [-0.15, -0.1) is 23.0 Å². The number of benzene rings is 2. The van der Waals surface area contributed by atoms with Crippen LogP contribution in [-0.4, -0.2) is 10.3 Å². The second-order valence-corrected chi connectivity index (χ2v) is 7.23. The predicted octanol–water partition coefficient (Wildman–Crippen LogP) is 5.69. The van der Waals surface area contributed by atoms with E-state index in [0.29, 0.717) is 11.6 Å². The first kappa shape index (κ1) is 18.4. The fourth-order valence-electron chi connectivity index (χ4n) is 2.54. The Hall–Kier alpha value is -2.43. The molecule has 0 radical (unpaired) electrons. The van der Waals surface area contributed by atoms with Gasteiger partial charge in [-0.05, 0) is 37.1 Å². The zero-order valence-electron chi connectivity index (χ0n) is 14.8. The van der Waals surface area contributed by atoms with Crippen LogP contribution < -0.4 is 4.80 Å². The maximum absolute atomic E-state index is 5.94. The van der Waals surface area contributed by atoms with E-state index >= 15 is 0 Å². The highest BCUT2D eigenvalue weighted by Crippen LogP contribution is 2.20. The van der Waals surface area contributed by atoms with Crippen molar-refractivity contribution in [1.29, 1.82) is 0 Å². The molecular weight excluding hydrogens is 362 g/mol. The summed E-state index contributed by atoms with van der Waals surface area (Å²) >= 11 is 7.52. The summed E-state index contributed by atoms with van der Waals surface area (Å²) in [4.78, 5) is 0.841. The molecule has 3 rings (SSSR count). The van der Waals surface area contributed by atoms with Gasteiger partial charge < -0.3 is 4.57 Å². The van der Waals surface area contributed by atoms with Crippen LogP contribution >= 0.6 is 22.9 Å². The van der Waals surface area contributed by atoms with Gasteiger partial charge in [0.2, 0.25) is 4.80 Å². The monoisotopic (exact) mass is 381 g/mol.